The first-order chi connectivity index (χ1) is 7.39. The first-order valence-electron chi connectivity index (χ1n) is 4.60. The number of nitrogens with one attached hydrogen (secondary N) is 1. The Hall–Kier alpha value is -1.63. The van der Waals surface area contributed by atoms with Crippen LogP contribution in [0, 0.1) is 0 Å². The highest BCUT2D eigenvalue weighted by atomic mass is 16.4. The smallest absolute Gasteiger partial charge is 0.353 e. The number of phenols is 1. The summed E-state index contributed by atoms with van der Waals surface area (Å²) >= 11 is 0. The lowest BCUT2D eigenvalue weighted by molar-refractivity contribution is -0.161. The Balaban J connectivity index is 3.12. The second kappa shape index (κ2) is 4.48. The maximum absolute atomic E-state index is 10.8. The molecule has 1 rings (SSSR count). The van der Waals surface area contributed by atoms with E-state index in [0.29, 0.717) is 5.56 Å². The number of aromatic hydroxyl groups is 1. The molecular weight excluding hydrogens is 212 g/mol. The summed E-state index contributed by atoms with van der Waals surface area (Å²) in [5.74, 6) is -1.57. The van der Waals surface area contributed by atoms with Crippen LogP contribution in [0.2, 0.25) is 0 Å². The van der Waals surface area contributed by atoms with Gasteiger partial charge < -0.3 is 20.6 Å². The molecule has 1 aromatic carbocycles. The zero-order valence-corrected chi connectivity index (χ0v) is 8.71. The number of nitrogens with two attached hydrogens (primary N) is 1. The lowest BCUT2D eigenvalue weighted by Crippen LogP contribution is -2.56. The molecule has 6 N–H and O–H groups in total. The maximum atomic E-state index is 10.8. The highest BCUT2D eigenvalue weighted by molar-refractivity contribution is 5.77. The monoisotopic (exact) mass is 226 g/mol. The number of likely N-dealkylation sites (N-methyl/N-ethyl adjacent to an activating group) is 1. The summed E-state index contributed by atoms with van der Waals surface area (Å²) in [6, 6.07) is 4.85. The predicted molar refractivity (Wildman–Crippen MR) is 56.7 cm³/mol. The first kappa shape index (κ1) is 12.4. The van der Waals surface area contributed by atoms with Crippen LogP contribution in [-0.4, -0.2) is 34.1 Å². The van der Waals surface area contributed by atoms with Crippen LogP contribution < -0.4 is 11.1 Å². The normalized spacial score (nSPS) is 16.4. The highest BCUT2D eigenvalue weighted by Crippen LogP contribution is 2.24. The van der Waals surface area contributed by atoms with Gasteiger partial charge in [-0.2, -0.15) is 0 Å². The van der Waals surface area contributed by atoms with E-state index in [4.69, 9.17) is 10.8 Å². The van der Waals surface area contributed by atoms with Gasteiger partial charge in [-0.05, 0) is 24.7 Å². The Kier molecular flexibility index (Phi) is 3.48. The zero-order valence-electron chi connectivity index (χ0n) is 8.71. The Bertz CT molecular complexity index is 392. The molecule has 16 heavy (non-hydrogen) atoms. The van der Waals surface area contributed by atoms with Crippen molar-refractivity contribution in [3.63, 3.8) is 0 Å². The van der Waals surface area contributed by atoms with E-state index in [1.165, 1.54) is 25.2 Å². The Labute approximate surface area is 92.3 Å². The zero-order chi connectivity index (χ0) is 12.3. The van der Waals surface area contributed by atoms with Crippen molar-refractivity contribution >= 4 is 5.97 Å². The molecule has 1 aromatic rings. The van der Waals surface area contributed by atoms with Crippen LogP contribution in [0.3, 0.4) is 0 Å². The largest absolute Gasteiger partial charge is 0.508 e. The van der Waals surface area contributed by atoms with Gasteiger partial charge >= 0.3 is 5.97 Å². The molecule has 0 spiro atoms. The van der Waals surface area contributed by atoms with Crippen molar-refractivity contribution in [2.24, 2.45) is 5.73 Å². The number of carboxylic acids is 1. The molecule has 0 aromatic heterocycles. The van der Waals surface area contributed by atoms with Gasteiger partial charge in [0.25, 0.3) is 0 Å². The van der Waals surface area contributed by atoms with Gasteiger partial charge in [-0.1, -0.05) is 12.1 Å². The van der Waals surface area contributed by atoms with Gasteiger partial charge in [0, 0.05) is 0 Å². The lowest BCUT2D eigenvalue weighted by atomic mass is 9.96. The van der Waals surface area contributed by atoms with Crippen molar-refractivity contribution in [2.75, 3.05) is 7.05 Å². The van der Waals surface area contributed by atoms with Crippen molar-refractivity contribution in [2.45, 2.75) is 11.8 Å². The topological polar surface area (TPSA) is 116 Å². The Morgan fingerprint density at radius 1 is 1.56 bits per heavy atom. The number of hydrogen-bond donors (Lipinski definition) is 5. The van der Waals surface area contributed by atoms with Crippen molar-refractivity contribution in [3.8, 4) is 5.75 Å². The average molecular weight is 226 g/mol. The fraction of sp³-hybridized carbons (Fsp3) is 0.300. The summed E-state index contributed by atoms with van der Waals surface area (Å²) in [6.07, 6.45) is 0. The van der Waals surface area contributed by atoms with Gasteiger partial charge in [-0.25, -0.2) is 4.79 Å². The molecule has 2 unspecified atom stereocenters. The summed E-state index contributed by atoms with van der Waals surface area (Å²) in [5.41, 5.74) is 3.25. The summed E-state index contributed by atoms with van der Waals surface area (Å²) in [5, 5.41) is 30.3. The number of carboxylic acid groups (broad SMARTS) is 1. The molecule has 0 saturated carbocycles. The van der Waals surface area contributed by atoms with Gasteiger partial charge in [-0.3, -0.25) is 5.73 Å². The van der Waals surface area contributed by atoms with Gasteiger partial charge in [0.2, 0.25) is 5.72 Å². The van der Waals surface area contributed by atoms with Crippen molar-refractivity contribution < 1.29 is 20.1 Å². The number of aliphatic carboxylic acids is 1. The van der Waals surface area contributed by atoms with Crippen LogP contribution in [0.1, 0.15) is 11.6 Å². The van der Waals surface area contributed by atoms with Crippen LogP contribution in [0.5, 0.6) is 5.75 Å². The standard InChI is InChI=1S/C10H14N2O4/c1-12-8(10(11,16)9(14)15)6-3-2-4-7(13)5-6/h2-5,8,12-13,16H,11H2,1H3,(H,14,15). The SMILES string of the molecule is CNC(c1cccc(O)c1)C(N)(O)C(=O)O. The third kappa shape index (κ3) is 2.30. The number of benzene rings is 1. The minimum atomic E-state index is -2.44. The maximum Gasteiger partial charge on any atom is 0.353 e. The van der Waals surface area contributed by atoms with Gasteiger partial charge in [-0.15, -0.1) is 0 Å². The average Bonchev–Trinajstić information content (AvgIpc) is 2.18. The summed E-state index contributed by atoms with van der Waals surface area (Å²) in [7, 11) is 1.47. The summed E-state index contributed by atoms with van der Waals surface area (Å²) in [6.45, 7) is 0. The predicted octanol–water partition coefficient (Wildman–Crippen LogP) is -0.615. The van der Waals surface area contributed by atoms with Crippen LogP contribution in [0.15, 0.2) is 24.3 Å². The Morgan fingerprint density at radius 3 is 2.62 bits per heavy atom. The third-order valence-electron chi connectivity index (χ3n) is 2.27. The highest BCUT2D eigenvalue weighted by Gasteiger charge is 2.40. The number of phenolic OH excluding ortho intramolecular Hbond substituents is 1. The van der Waals surface area contributed by atoms with Crippen molar-refractivity contribution in [3.05, 3.63) is 29.8 Å². The molecule has 88 valence electrons. The summed E-state index contributed by atoms with van der Waals surface area (Å²) < 4.78 is 0. The van der Waals surface area contributed by atoms with Gasteiger partial charge in [0.1, 0.15) is 5.75 Å². The number of hydrogen-bond acceptors (Lipinski definition) is 5. The van der Waals surface area contributed by atoms with E-state index in [2.05, 4.69) is 5.32 Å². The van der Waals surface area contributed by atoms with Crippen LogP contribution in [0.4, 0.5) is 0 Å². The van der Waals surface area contributed by atoms with Crippen LogP contribution in [-0.2, 0) is 4.79 Å². The van der Waals surface area contributed by atoms with Gasteiger partial charge in [0.15, 0.2) is 0 Å². The van der Waals surface area contributed by atoms with E-state index in [1.807, 2.05) is 0 Å². The molecule has 6 nitrogen and oxygen atoms in total. The molecule has 0 aliphatic carbocycles. The fourth-order valence-electron chi connectivity index (χ4n) is 1.47. The van der Waals surface area contributed by atoms with E-state index < -0.39 is 17.7 Å². The number of aliphatic hydroxyl groups is 1. The molecule has 0 fully saturated rings. The van der Waals surface area contributed by atoms with E-state index in [-0.39, 0.29) is 5.75 Å². The quantitative estimate of drug-likeness (QED) is 0.437. The molecule has 0 saturated heterocycles. The molecular formula is C10H14N2O4. The molecule has 0 aliphatic heterocycles. The molecule has 0 amide bonds. The lowest BCUT2D eigenvalue weighted by Gasteiger charge is -2.28. The van der Waals surface area contributed by atoms with Crippen molar-refractivity contribution in [1.29, 1.82) is 0 Å². The van der Waals surface area contributed by atoms with E-state index >= 15 is 0 Å². The minimum Gasteiger partial charge on any atom is -0.508 e. The second-order valence-corrected chi connectivity index (χ2v) is 3.45. The number of carbonyl (C=O) groups is 1. The van der Waals surface area contributed by atoms with Crippen LogP contribution >= 0.6 is 0 Å². The van der Waals surface area contributed by atoms with E-state index in [1.54, 1.807) is 6.07 Å². The molecule has 0 heterocycles. The molecule has 0 radical (unpaired) electrons. The third-order valence-corrected chi connectivity index (χ3v) is 2.27. The molecule has 0 bridgehead atoms. The first-order valence-corrected chi connectivity index (χ1v) is 4.60. The molecule has 6 heteroatoms. The van der Waals surface area contributed by atoms with E-state index in [9.17, 15) is 15.0 Å². The van der Waals surface area contributed by atoms with Crippen molar-refractivity contribution in [1.82, 2.24) is 5.32 Å². The van der Waals surface area contributed by atoms with Crippen LogP contribution in [0.25, 0.3) is 0 Å². The summed E-state index contributed by atoms with van der Waals surface area (Å²) in [4.78, 5) is 10.8. The minimum absolute atomic E-state index is 0.0288. The molecule has 0 aliphatic rings. The fourth-order valence-corrected chi connectivity index (χ4v) is 1.47. The second-order valence-electron chi connectivity index (χ2n) is 3.45. The van der Waals surface area contributed by atoms with Gasteiger partial charge in [0.05, 0.1) is 6.04 Å². The number of rotatable bonds is 4. The Morgan fingerprint density at radius 2 is 2.19 bits per heavy atom. The van der Waals surface area contributed by atoms with E-state index in [0.717, 1.165) is 0 Å². The molecule has 2 atom stereocenters.